The van der Waals surface area contributed by atoms with Crippen LogP contribution < -0.4 is 4.72 Å². The van der Waals surface area contributed by atoms with Gasteiger partial charge in [0, 0.05) is 30.7 Å². The average Bonchev–Trinajstić information content (AvgIpc) is 3.00. The molecule has 0 radical (unpaired) electrons. The molecule has 0 bridgehead atoms. The molecule has 1 N–H and O–H groups in total. The fourth-order valence-electron chi connectivity index (χ4n) is 2.96. The van der Waals surface area contributed by atoms with E-state index in [2.05, 4.69) is 31.6 Å². The van der Waals surface area contributed by atoms with Crippen LogP contribution in [0.4, 0.5) is 0 Å². The molecule has 0 aliphatic carbocycles. The lowest BCUT2D eigenvalue weighted by Gasteiger charge is -2.21. The Morgan fingerprint density at radius 1 is 1.38 bits per heavy atom. The van der Waals surface area contributed by atoms with Gasteiger partial charge in [-0.25, -0.2) is 23.1 Å². The second kappa shape index (κ2) is 6.92. The predicted molar refractivity (Wildman–Crippen MR) is 89.6 cm³/mol. The van der Waals surface area contributed by atoms with Crippen molar-refractivity contribution >= 4 is 10.0 Å². The number of nitrogens with zero attached hydrogens (tertiary/aromatic N) is 4. The lowest BCUT2D eigenvalue weighted by Crippen LogP contribution is -2.26. The highest BCUT2D eigenvalue weighted by Crippen LogP contribution is 2.31. The first kappa shape index (κ1) is 16.9. The summed E-state index contributed by atoms with van der Waals surface area (Å²) in [6, 6.07) is 3.33. The van der Waals surface area contributed by atoms with Crippen molar-refractivity contribution < 1.29 is 8.42 Å². The standard InChI is InChI=1S/C16H21N5O2S/c1-12-18-9-13(16(20-12)15-6-4-8-21(15)2)10-19-24(22,23)14-5-3-7-17-11-14/h3,5,7,9,11,15,19H,4,6,8,10H2,1-2H3/t15-/m0/s1. The summed E-state index contributed by atoms with van der Waals surface area (Å²) in [5.74, 6) is 0.698. The molecule has 2 aromatic heterocycles. The quantitative estimate of drug-likeness (QED) is 0.880. The summed E-state index contributed by atoms with van der Waals surface area (Å²) < 4.78 is 27.4. The summed E-state index contributed by atoms with van der Waals surface area (Å²) in [6.45, 7) is 3.04. The Morgan fingerprint density at radius 3 is 2.88 bits per heavy atom. The van der Waals surface area contributed by atoms with Crippen molar-refractivity contribution in [2.75, 3.05) is 13.6 Å². The summed E-state index contributed by atoms with van der Waals surface area (Å²) in [5, 5.41) is 0. The smallest absolute Gasteiger partial charge is 0.242 e. The molecule has 1 atom stereocenters. The molecule has 3 heterocycles. The molecular weight excluding hydrogens is 326 g/mol. The van der Waals surface area contributed by atoms with Crippen LogP contribution in [0.25, 0.3) is 0 Å². The van der Waals surface area contributed by atoms with Crippen molar-refractivity contribution in [1.29, 1.82) is 0 Å². The maximum absolute atomic E-state index is 12.4. The van der Waals surface area contributed by atoms with Crippen molar-refractivity contribution in [2.45, 2.75) is 37.2 Å². The van der Waals surface area contributed by atoms with E-state index in [1.54, 1.807) is 18.5 Å². The molecule has 0 unspecified atom stereocenters. The number of sulfonamides is 1. The van der Waals surface area contributed by atoms with Crippen molar-refractivity contribution in [1.82, 2.24) is 24.6 Å². The molecule has 2 aromatic rings. The van der Waals surface area contributed by atoms with Crippen LogP contribution in [-0.2, 0) is 16.6 Å². The SMILES string of the molecule is Cc1ncc(CNS(=O)(=O)c2cccnc2)c([C@@H]2CCCN2C)n1. The normalized spacial score (nSPS) is 18.8. The van der Waals surface area contributed by atoms with Crippen LogP contribution in [0.5, 0.6) is 0 Å². The number of aryl methyl sites for hydroxylation is 1. The highest BCUT2D eigenvalue weighted by Gasteiger charge is 2.27. The molecule has 128 valence electrons. The minimum Gasteiger partial charge on any atom is -0.298 e. The van der Waals surface area contributed by atoms with Gasteiger partial charge in [-0.05, 0) is 45.5 Å². The van der Waals surface area contributed by atoms with Crippen LogP contribution in [-0.4, -0.2) is 41.9 Å². The molecule has 0 saturated carbocycles. The lowest BCUT2D eigenvalue weighted by atomic mass is 10.1. The Labute approximate surface area is 142 Å². The minimum absolute atomic E-state index is 0.151. The molecule has 1 saturated heterocycles. The molecule has 0 amide bonds. The van der Waals surface area contributed by atoms with Gasteiger partial charge in [-0.2, -0.15) is 0 Å². The van der Waals surface area contributed by atoms with Crippen LogP contribution in [0.3, 0.4) is 0 Å². The topological polar surface area (TPSA) is 88.1 Å². The third-order valence-corrected chi connectivity index (χ3v) is 5.64. The largest absolute Gasteiger partial charge is 0.298 e. The Kier molecular flexibility index (Phi) is 4.88. The van der Waals surface area contributed by atoms with Crippen LogP contribution in [0.15, 0.2) is 35.6 Å². The van der Waals surface area contributed by atoms with E-state index in [1.807, 2.05) is 6.92 Å². The molecule has 8 heteroatoms. The van der Waals surface area contributed by atoms with Crippen molar-refractivity contribution in [3.63, 3.8) is 0 Å². The maximum atomic E-state index is 12.4. The van der Waals surface area contributed by atoms with Crippen molar-refractivity contribution in [2.24, 2.45) is 0 Å². The molecule has 1 aliphatic rings. The molecule has 0 aromatic carbocycles. The third kappa shape index (κ3) is 3.61. The predicted octanol–water partition coefficient (Wildman–Crippen LogP) is 1.43. The third-order valence-electron chi connectivity index (χ3n) is 4.25. The second-order valence-corrected chi connectivity index (χ2v) is 7.75. The van der Waals surface area contributed by atoms with E-state index in [0.717, 1.165) is 30.6 Å². The Morgan fingerprint density at radius 2 is 2.21 bits per heavy atom. The minimum atomic E-state index is -3.60. The van der Waals surface area contributed by atoms with E-state index >= 15 is 0 Å². The van der Waals surface area contributed by atoms with Crippen LogP contribution in [0.1, 0.15) is 36.0 Å². The van der Waals surface area contributed by atoms with Crippen molar-refractivity contribution in [3.05, 3.63) is 47.8 Å². The first-order valence-corrected chi connectivity index (χ1v) is 9.38. The molecule has 1 fully saturated rings. The van der Waals surface area contributed by atoms with E-state index in [-0.39, 0.29) is 17.5 Å². The Bertz CT molecular complexity index is 810. The van der Waals surface area contributed by atoms with Crippen LogP contribution >= 0.6 is 0 Å². The van der Waals surface area contributed by atoms with Gasteiger partial charge in [0.2, 0.25) is 10.0 Å². The average molecular weight is 347 g/mol. The highest BCUT2D eigenvalue weighted by atomic mass is 32.2. The van der Waals surface area contributed by atoms with E-state index in [1.165, 1.54) is 12.3 Å². The zero-order valence-electron chi connectivity index (χ0n) is 13.8. The van der Waals surface area contributed by atoms with Gasteiger partial charge < -0.3 is 0 Å². The molecule has 0 spiro atoms. The monoisotopic (exact) mass is 347 g/mol. The summed E-state index contributed by atoms with van der Waals surface area (Å²) in [4.78, 5) is 15.1. The number of rotatable bonds is 5. The van der Waals surface area contributed by atoms with Gasteiger partial charge in [0.15, 0.2) is 0 Å². The number of likely N-dealkylation sites (tertiary alicyclic amines) is 1. The zero-order chi connectivity index (χ0) is 17.2. The van der Waals surface area contributed by atoms with E-state index < -0.39 is 10.0 Å². The molecular formula is C16H21N5O2S. The molecule has 24 heavy (non-hydrogen) atoms. The van der Waals surface area contributed by atoms with Crippen molar-refractivity contribution in [3.8, 4) is 0 Å². The van der Waals surface area contributed by atoms with E-state index in [0.29, 0.717) is 5.82 Å². The first-order chi connectivity index (χ1) is 11.5. The summed E-state index contributed by atoms with van der Waals surface area (Å²) in [5.41, 5.74) is 1.73. The number of hydrogen-bond acceptors (Lipinski definition) is 6. The van der Waals surface area contributed by atoms with Gasteiger partial charge >= 0.3 is 0 Å². The molecule has 1 aliphatic heterocycles. The van der Waals surface area contributed by atoms with Gasteiger partial charge in [-0.1, -0.05) is 0 Å². The fraction of sp³-hybridized carbons (Fsp3) is 0.438. The lowest BCUT2D eigenvalue weighted by molar-refractivity contribution is 0.309. The summed E-state index contributed by atoms with van der Waals surface area (Å²) >= 11 is 0. The molecule has 7 nitrogen and oxygen atoms in total. The van der Waals surface area contributed by atoms with E-state index in [4.69, 9.17) is 0 Å². The van der Waals surface area contributed by atoms with Gasteiger partial charge in [0.1, 0.15) is 10.7 Å². The fourth-order valence-corrected chi connectivity index (χ4v) is 3.92. The van der Waals surface area contributed by atoms with Gasteiger partial charge in [0.25, 0.3) is 0 Å². The molecule has 3 rings (SSSR count). The van der Waals surface area contributed by atoms with Crippen LogP contribution in [0, 0.1) is 6.92 Å². The van der Waals surface area contributed by atoms with Crippen LogP contribution in [0.2, 0.25) is 0 Å². The zero-order valence-corrected chi connectivity index (χ0v) is 14.6. The summed E-state index contributed by atoms with van der Waals surface area (Å²) in [6.07, 6.45) is 6.73. The van der Waals surface area contributed by atoms with Gasteiger partial charge in [-0.15, -0.1) is 0 Å². The number of nitrogens with one attached hydrogen (secondary N) is 1. The Balaban J connectivity index is 1.83. The number of pyridine rings is 1. The van der Waals surface area contributed by atoms with Gasteiger partial charge in [-0.3, -0.25) is 9.88 Å². The first-order valence-electron chi connectivity index (χ1n) is 7.90. The summed E-state index contributed by atoms with van der Waals surface area (Å²) in [7, 11) is -1.54. The van der Waals surface area contributed by atoms with E-state index in [9.17, 15) is 8.42 Å². The second-order valence-electron chi connectivity index (χ2n) is 5.98. The number of aromatic nitrogens is 3. The highest BCUT2D eigenvalue weighted by molar-refractivity contribution is 7.89. The Hall–Kier alpha value is -1.90. The number of hydrogen-bond donors (Lipinski definition) is 1. The maximum Gasteiger partial charge on any atom is 0.242 e. The van der Waals surface area contributed by atoms with Gasteiger partial charge in [0.05, 0.1) is 11.7 Å².